The van der Waals surface area contributed by atoms with Gasteiger partial charge in [0.15, 0.2) is 0 Å². The smallest absolute Gasteiger partial charge is 0.279 e. The lowest BCUT2D eigenvalue weighted by Crippen LogP contribution is -2.39. The molecule has 1 aromatic carbocycles. The van der Waals surface area contributed by atoms with Gasteiger partial charge in [-0.25, -0.2) is 18.1 Å². The summed E-state index contributed by atoms with van der Waals surface area (Å²) in [6, 6.07) is 9.02. The summed E-state index contributed by atoms with van der Waals surface area (Å²) in [4.78, 5) is 24.2. The van der Waals surface area contributed by atoms with Crippen LogP contribution in [0, 0.1) is 0 Å². The van der Waals surface area contributed by atoms with E-state index in [1.54, 1.807) is 24.4 Å². The summed E-state index contributed by atoms with van der Waals surface area (Å²) in [6.45, 7) is 0. The van der Waals surface area contributed by atoms with Gasteiger partial charge in [0.2, 0.25) is 16.0 Å². The normalized spacial score (nSPS) is 19.7. The van der Waals surface area contributed by atoms with Gasteiger partial charge in [-0.2, -0.15) is 4.98 Å². The first kappa shape index (κ1) is 20.8. The van der Waals surface area contributed by atoms with Gasteiger partial charge in [0.05, 0.1) is 11.8 Å². The predicted octanol–water partition coefficient (Wildman–Crippen LogP) is 2.86. The van der Waals surface area contributed by atoms with Crippen molar-refractivity contribution in [2.75, 3.05) is 11.6 Å². The fraction of sp³-hybridized carbons (Fsp3) is 0.350. The SMILES string of the molecule is CS(=O)(=O)N[C@H]1CC[C@@H](Nc2ncc3cc(-c4ccccc4Cl)c(=O)nc-3[nH]2)CC1. The van der Waals surface area contributed by atoms with Crippen molar-refractivity contribution < 1.29 is 8.42 Å². The summed E-state index contributed by atoms with van der Waals surface area (Å²) in [6.07, 6.45) is 5.97. The zero-order chi connectivity index (χ0) is 21.3. The molecule has 1 aliphatic carbocycles. The average molecular weight is 448 g/mol. The number of aromatic amines is 1. The largest absolute Gasteiger partial charge is 0.353 e. The van der Waals surface area contributed by atoms with Gasteiger partial charge in [-0.15, -0.1) is 0 Å². The number of H-pyrrole nitrogens is 1. The zero-order valence-corrected chi connectivity index (χ0v) is 17.9. The number of nitrogens with zero attached hydrogens (tertiary/aromatic N) is 2. The summed E-state index contributed by atoms with van der Waals surface area (Å²) in [5, 5.41) is 3.82. The van der Waals surface area contributed by atoms with Crippen LogP contribution in [0.25, 0.3) is 22.5 Å². The minimum Gasteiger partial charge on any atom is -0.353 e. The number of hydrogen-bond acceptors (Lipinski definition) is 6. The molecule has 0 spiro atoms. The molecule has 4 rings (SSSR count). The van der Waals surface area contributed by atoms with Crippen LogP contribution in [0.1, 0.15) is 25.7 Å². The Kier molecular flexibility index (Phi) is 5.77. The molecule has 30 heavy (non-hydrogen) atoms. The molecule has 3 N–H and O–H groups in total. The Hall–Kier alpha value is -2.49. The lowest BCUT2D eigenvalue weighted by molar-refractivity contribution is 0.387. The molecule has 10 heteroatoms. The Morgan fingerprint density at radius 3 is 2.50 bits per heavy atom. The summed E-state index contributed by atoms with van der Waals surface area (Å²) in [5.74, 6) is 0.972. The van der Waals surface area contributed by atoms with Crippen LogP contribution < -0.4 is 15.6 Å². The van der Waals surface area contributed by atoms with Crippen molar-refractivity contribution in [3.05, 3.63) is 51.9 Å². The molecule has 0 bridgehead atoms. The molecular formula is C20H22ClN5O3S. The third kappa shape index (κ3) is 4.80. The summed E-state index contributed by atoms with van der Waals surface area (Å²) in [7, 11) is -3.19. The third-order valence-corrected chi connectivity index (χ3v) is 6.29. The fourth-order valence-electron chi connectivity index (χ4n) is 3.79. The third-order valence-electron chi connectivity index (χ3n) is 5.20. The maximum absolute atomic E-state index is 12.6. The van der Waals surface area contributed by atoms with Crippen LogP contribution in [0.5, 0.6) is 0 Å². The van der Waals surface area contributed by atoms with E-state index in [4.69, 9.17) is 11.6 Å². The Bertz CT molecular complexity index is 1190. The van der Waals surface area contributed by atoms with E-state index in [1.165, 1.54) is 6.26 Å². The second kappa shape index (κ2) is 8.33. The second-order valence-electron chi connectivity index (χ2n) is 7.57. The summed E-state index contributed by atoms with van der Waals surface area (Å²) >= 11 is 6.22. The Labute approximate surface area is 179 Å². The molecule has 0 radical (unpaired) electrons. The molecule has 0 amide bonds. The maximum atomic E-state index is 12.6. The minimum absolute atomic E-state index is 0.0282. The van der Waals surface area contributed by atoms with Gasteiger partial charge in [0.25, 0.3) is 5.56 Å². The van der Waals surface area contributed by atoms with Gasteiger partial charge in [0, 0.05) is 34.4 Å². The molecule has 0 atom stereocenters. The predicted molar refractivity (Wildman–Crippen MR) is 117 cm³/mol. The molecule has 0 aromatic heterocycles. The van der Waals surface area contributed by atoms with E-state index in [0.29, 0.717) is 33.5 Å². The van der Waals surface area contributed by atoms with Gasteiger partial charge in [-0.05, 0) is 37.8 Å². The number of fused-ring (bicyclic) bond motifs is 1. The monoisotopic (exact) mass is 447 g/mol. The summed E-state index contributed by atoms with van der Waals surface area (Å²) in [5.41, 5.74) is 1.41. The highest BCUT2D eigenvalue weighted by molar-refractivity contribution is 7.88. The number of nitrogens with one attached hydrogen (secondary N) is 3. The van der Waals surface area contributed by atoms with Crippen LogP contribution in [-0.2, 0) is 10.0 Å². The first-order valence-electron chi connectivity index (χ1n) is 9.67. The van der Waals surface area contributed by atoms with Crippen LogP contribution in [0.3, 0.4) is 0 Å². The number of pyridine rings is 1. The van der Waals surface area contributed by atoms with Gasteiger partial charge in [-0.1, -0.05) is 29.8 Å². The van der Waals surface area contributed by atoms with Gasteiger partial charge in [-0.3, -0.25) is 4.79 Å². The molecule has 0 saturated heterocycles. The van der Waals surface area contributed by atoms with Crippen LogP contribution in [0.15, 0.2) is 41.3 Å². The Morgan fingerprint density at radius 2 is 1.80 bits per heavy atom. The standard InChI is InChI=1S/C20H22ClN5O3S/c1-30(28,29)26-14-8-6-13(7-9-14)23-20-22-11-12-10-16(19(27)24-18(12)25-20)15-4-2-3-5-17(15)21/h2-5,10-11,13-14,26H,6-9H2,1H3,(H2,22,23,24,25,27)/t13-,14+. The molecule has 1 fully saturated rings. The Morgan fingerprint density at radius 1 is 1.10 bits per heavy atom. The number of sulfonamides is 1. The van der Waals surface area contributed by atoms with Crippen molar-refractivity contribution in [1.29, 1.82) is 0 Å². The summed E-state index contributed by atoms with van der Waals surface area (Å²) < 4.78 is 25.4. The number of aromatic nitrogens is 3. The number of benzene rings is 1. The van der Waals surface area contributed by atoms with Crippen molar-refractivity contribution in [3.8, 4) is 22.5 Å². The molecule has 8 nitrogen and oxygen atoms in total. The highest BCUT2D eigenvalue weighted by Gasteiger charge is 2.24. The first-order valence-corrected chi connectivity index (χ1v) is 11.9. The molecule has 158 valence electrons. The molecular weight excluding hydrogens is 426 g/mol. The van der Waals surface area contributed by atoms with E-state index < -0.39 is 10.0 Å². The molecule has 2 aliphatic heterocycles. The van der Waals surface area contributed by atoms with E-state index in [1.807, 2.05) is 12.1 Å². The van der Waals surface area contributed by atoms with E-state index in [9.17, 15) is 13.2 Å². The number of halogens is 1. The van der Waals surface area contributed by atoms with Crippen molar-refractivity contribution in [2.24, 2.45) is 0 Å². The lowest BCUT2D eigenvalue weighted by Gasteiger charge is -2.29. The number of hydrogen-bond donors (Lipinski definition) is 3. The van der Waals surface area contributed by atoms with Crippen molar-refractivity contribution in [2.45, 2.75) is 37.8 Å². The zero-order valence-electron chi connectivity index (χ0n) is 16.4. The molecule has 0 unspecified atom stereocenters. The molecule has 2 heterocycles. The fourth-order valence-corrected chi connectivity index (χ4v) is 4.87. The van der Waals surface area contributed by atoms with Crippen molar-refractivity contribution >= 4 is 27.6 Å². The van der Waals surface area contributed by atoms with E-state index >= 15 is 0 Å². The molecule has 1 aromatic rings. The van der Waals surface area contributed by atoms with Crippen molar-refractivity contribution in [3.63, 3.8) is 0 Å². The Balaban J connectivity index is 1.50. The highest BCUT2D eigenvalue weighted by Crippen LogP contribution is 2.28. The molecule has 3 aliphatic rings. The van der Waals surface area contributed by atoms with Crippen molar-refractivity contribution in [1.82, 2.24) is 19.7 Å². The van der Waals surface area contributed by atoms with Crippen LogP contribution in [0.4, 0.5) is 5.95 Å². The van der Waals surface area contributed by atoms with Crippen LogP contribution in [0.2, 0.25) is 5.02 Å². The topological polar surface area (TPSA) is 117 Å². The number of anilines is 1. The lowest BCUT2D eigenvalue weighted by atomic mass is 9.92. The van der Waals surface area contributed by atoms with Gasteiger partial charge >= 0.3 is 0 Å². The molecule has 1 saturated carbocycles. The van der Waals surface area contributed by atoms with Gasteiger partial charge in [0.1, 0.15) is 5.82 Å². The van der Waals surface area contributed by atoms with Gasteiger partial charge < -0.3 is 10.3 Å². The quantitative estimate of drug-likeness (QED) is 0.553. The van der Waals surface area contributed by atoms with Crippen LogP contribution >= 0.6 is 11.6 Å². The average Bonchev–Trinajstić information content (AvgIpc) is 2.68. The number of rotatable bonds is 5. The minimum atomic E-state index is -3.19. The van der Waals surface area contributed by atoms with E-state index in [2.05, 4.69) is 25.0 Å². The van der Waals surface area contributed by atoms with E-state index in [0.717, 1.165) is 25.7 Å². The first-order chi connectivity index (χ1) is 14.3. The van der Waals surface area contributed by atoms with Crippen LogP contribution in [-0.4, -0.2) is 41.7 Å². The van der Waals surface area contributed by atoms with E-state index in [-0.39, 0.29) is 17.6 Å². The maximum Gasteiger partial charge on any atom is 0.279 e. The second-order valence-corrected chi connectivity index (χ2v) is 9.76. The highest BCUT2D eigenvalue weighted by atomic mass is 35.5.